The number of halogens is 1. The average Bonchev–Trinajstić information content (AvgIpc) is 2.44. The third kappa shape index (κ3) is 3.88. The number of anilines is 1. The summed E-state index contributed by atoms with van der Waals surface area (Å²) in [5.74, 6) is 0.813. The van der Waals surface area contributed by atoms with E-state index in [4.69, 9.17) is 11.6 Å². The van der Waals surface area contributed by atoms with Crippen LogP contribution in [0.25, 0.3) is 0 Å². The molecule has 0 bridgehead atoms. The van der Waals surface area contributed by atoms with Gasteiger partial charge in [-0.25, -0.2) is 0 Å². The van der Waals surface area contributed by atoms with Gasteiger partial charge in [0.1, 0.15) is 10.7 Å². The van der Waals surface area contributed by atoms with Crippen LogP contribution in [0, 0.1) is 10.1 Å². The van der Waals surface area contributed by atoms with Crippen molar-refractivity contribution in [1.29, 1.82) is 0 Å². The molecule has 0 aliphatic heterocycles. The average molecular weight is 309 g/mol. The van der Waals surface area contributed by atoms with Crippen molar-refractivity contribution >= 4 is 34.7 Å². The zero-order valence-corrected chi connectivity index (χ0v) is 12.2. The van der Waals surface area contributed by atoms with Crippen LogP contribution in [0.1, 0.15) is 0 Å². The fourth-order valence-electron chi connectivity index (χ4n) is 1.71. The molecule has 0 aliphatic carbocycles. The SMILES string of the molecule is O=[N+]([O-])c1c(Cl)cccc1NCCSc1ccccc1. The molecule has 104 valence electrons. The van der Waals surface area contributed by atoms with Crippen LogP contribution in [0.3, 0.4) is 0 Å². The molecular weight excluding hydrogens is 296 g/mol. The summed E-state index contributed by atoms with van der Waals surface area (Å²) in [7, 11) is 0. The lowest BCUT2D eigenvalue weighted by Crippen LogP contribution is -2.06. The highest BCUT2D eigenvalue weighted by molar-refractivity contribution is 7.99. The van der Waals surface area contributed by atoms with Crippen LogP contribution in [0.4, 0.5) is 11.4 Å². The van der Waals surface area contributed by atoms with Crippen molar-refractivity contribution in [2.45, 2.75) is 4.90 Å². The van der Waals surface area contributed by atoms with Gasteiger partial charge in [-0.1, -0.05) is 35.9 Å². The van der Waals surface area contributed by atoms with Crippen molar-refractivity contribution in [3.63, 3.8) is 0 Å². The first-order valence-corrected chi connectivity index (χ1v) is 7.39. The number of nitrogens with zero attached hydrogens (tertiary/aromatic N) is 1. The molecule has 6 heteroatoms. The van der Waals surface area contributed by atoms with Crippen molar-refractivity contribution in [3.8, 4) is 0 Å². The Kier molecular flexibility index (Phi) is 5.26. The molecule has 20 heavy (non-hydrogen) atoms. The second-order valence-corrected chi connectivity index (χ2v) is 5.56. The van der Waals surface area contributed by atoms with Gasteiger partial charge in [-0.2, -0.15) is 0 Å². The monoisotopic (exact) mass is 308 g/mol. The maximum Gasteiger partial charge on any atom is 0.310 e. The zero-order valence-electron chi connectivity index (χ0n) is 10.6. The van der Waals surface area contributed by atoms with E-state index in [0.29, 0.717) is 12.2 Å². The predicted molar refractivity (Wildman–Crippen MR) is 83.8 cm³/mol. The number of para-hydroxylation sites is 1. The first-order chi connectivity index (χ1) is 9.68. The van der Waals surface area contributed by atoms with Crippen LogP contribution in [-0.2, 0) is 0 Å². The third-order valence-electron chi connectivity index (χ3n) is 2.60. The van der Waals surface area contributed by atoms with Gasteiger partial charge < -0.3 is 5.32 Å². The van der Waals surface area contributed by atoms with E-state index in [1.54, 1.807) is 23.9 Å². The van der Waals surface area contributed by atoms with Crippen molar-refractivity contribution < 1.29 is 4.92 Å². The van der Waals surface area contributed by atoms with E-state index in [2.05, 4.69) is 5.32 Å². The van der Waals surface area contributed by atoms with Crippen molar-refractivity contribution in [2.75, 3.05) is 17.6 Å². The molecule has 0 aromatic heterocycles. The summed E-state index contributed by atoms with van der Waals surface area (Å²) < 4.78 is 0. The molecule has 2 aromatic carbocycles. The summed E-state index contributed by atoms with van der Waals surface area (Å²) in [5.41, 5.74) is 0.384. The van der Waals surface area contributed by atoms with Crippen LogP contribution >= 0.6 is 23.4 Å². The summed E-state index contributed by atoms with van der Waals surface area (Å²) in [5, 5.41) is 14.2. The Morgan fingerprint density at radius 2 is 1.90 bits per heavy atom. The van der Waals surface area contributed by atoms with Crippen LogP contribution in [-0.4, -0.2) is 17.2 Å². The molecule has 2 rings (SSSR count). The first-order valence-electron chi connectivity index (χ1n) is 6.03. The highest BCUT2D eigenvalue weighted by atomic mass is 35.5. The van der Waals surface area contributed by atoms with Gasteiger partial charge in [0.15, 0.2) is 0 Å². The summed E-state index contributed by atoms with van der Waals surface area (Å²) in [6.07, 6.45) is 0. The maximum atomic E-state index is 11.0. The summed E-state index contributed by atoms with van der Waals surface area (Å²) in [4.78, 5) is 11.7. The minimum Gasteiger partial charge on any atom is -0.379 e. The highest BCUT2D eigenvalue weighted by Gasteiger charge is 2.17. The maximum absolute atomic E-state index is 11.0. The highest BCUT2D eigenvalue weighted by Crippen LogP contribution is 2.32. The Balaban J connectivity index is 1.92. The molecule has 2 aromatic rings. The molecule has 0 saturated carbocycles. The van der Waals surface area contributed by atoms with E-state index >= 15 is 0 Å². The largest absolute Gasteiger partial charge is 0.379 e. The van der Waals surface area contributed by atoms with Crippen molar-refractivity contribution in [1.82, 2.24) is 0 Å². The molecule has 0 fully saturated rings. The van der Waals surface area contributed by atoms with Crippen LogP contribution in [0.5, 0.6) is 0 Å². The number of nitro groups is 1. The molecular formula is C14H13ClN2O2S. The van der Waals surface area contributed by atoms with Gasteiger partial charge in [0, 0.05) is 17.2 Å². The van der Waals surface area contributed by atoms with Gasteiger partial charge >= 0.3 is 5.69 Å². The Morgan fingerprint density at radius 3 is 2.60 bits per heavy atom. The third-order valence-corrected chi connectivity index (χ3v) is 3.92. The molecule has 0 radical (unpaired) electrons. The molecule has 0 amide bonds. The molecule has 4 nitrogen and oxygen atoms in total. The normalized spacial score (nSPS) is 10.2. The van der Waals surface area contributed by atoms with Gasteiger partial charge in [0.25, 0.3) is 0 Å². The molecule has 0 spiro atoms. The smallest absolute Gasteiger partial charge is 0.310 e. The quantitative estimate of drug-likeness (QED) is 0.371. The van der Waals surface area contributed by atoms with E-state index in [-0.39, 0.29) is 10.7 Å². The first kappa shape index (κ1) is 14.7. The van der Waals surface area contributed by atoms with Crippen LogP contribution < -0.4 is 5.32 Å². The lowest BCUT2D eigenvalue weighted by atomic mass is 10.2. The molecule has 0 heterocycles. The summed E-state index contributed by atoms with van der Waals surface area (Å²) >= 11 is 7.54. The van der Waals surface area contributed by atoms with Gasteiger partial charge in [-0.15, -0.1) is 11.8 Å². The lowest BCUT2D eigenvalue weighted by molar-refractivity contribution is -0.383. The molecule has 0 unspecified atom stereocenters. The number of nitrogens with one attached hydrogen (secondary N) is 1. The summed E-state index contributed by atoms with van der Waals surface area (Å²) in [6.45, 7) is 0.626. The fraction of sp³-hybridized carbons (Fsp3) is 0.143. The molecule has 0 aliphatic rings. The van der Waals surface area contributed by atoms with E-state index in [9.17, 15) is 10.1 Å². The second-order valence-electron chi connectivity index (χ2n) is 3.98. The Morgan fingerprint density at radius 1 is 1.15 bits per heavy atom. The van der Waals surface area contributed by atoms with E-state index < -0.39 is 4.92 Å². The Hall–Kier alpha value is -1.72. The van der Waals surface area contributed by atoms with Crippen LogP contribution in [0.15, 0.2) is 53.4 Å². The number of thioether (sulfide) groups is 1. The van der Waals surface area contributed by atoms with E-state index in [1.165, 1.54) is 11.0 Å². The van der Waals surface area contributed by atoms with Gasteiger partial charge in [-0.3, -0.25) is 10.1 Å². The minimum absolute atomic E-state index is 0.0705. The standard InChI is InChI=1S/C14H13ClN2O2S/c15-12-7-4-8-13(14(12)17(18)19)16-9-10-20-11-5-2-1-3-6-11/h1-8,16H,9-10H2. The number of benzene rings is 2. The Bertz CT molecular complexity index is 593. The molecule has 0 atom stereocenters. The predicted octanol–water partition coefficient (Wildman–Crippen LogP) is 4.45. The van der Waals surface area contributed by atoms with Gasteiger partial charge in [0.05, 0.1) is 4.92 Å². The number of hydrogen-bond acceptors (Lipinski definition) is 4. The lowest BCUT2D eigenvalue weighted by Gasteiger charge is -2.07. The Labute approximate surface area is 126 Å². The van der Waals surface area contributed by atoms with E-state index in [0.717, 1.165) is 5.75 Å². The fourth-order valence-corrected chi connectivity index (χ4v) is 2.75. The van der Waals surface area contributed by atoms with Crippen molar-refractivity contribution in [3.05, 3.63) is 63.7 Å². The van der Waals surface area contributed by atoms with Gasteiger partial charge in [0.2, 0.25) is 0 Å². The van der Waals surface area contributed by atoms with Crippen molar-refractivity contribution in [2.24, 2.45) is 0 Å². The second kappa shape index (κ2) is 7.17. The van der Waals surface area contributed by atoms with Gasteiger partial charge in [-0.05, 0) is 24.3 Å². The topological polar surface area (TPSA) is 55.2 Å². The zero-order chi connectivity index (χ0) is 14.4. The number of rotatable bonds is 6. The van der Waals surface area contributed by atoms with E-state index in [1.807, 2.05) is 30.3 Å². The number of hydrogen-bond donors (Lipinski definition) is 1. The minimum atomic E-state index is -0.463. The molecule has 0 saturated heterocycles. The van der Waals surface area contributed by atoms with Crippen LogP contribution in [0.2, 0.25) is 5.02 Å². The molecule has 1 N–H and O–H groups in total. The summed E-state index contributed by atoms with van der Waals surface area (Å²) in [6, 6.07) is 14.9. The number of nitro benzene ring substituents is 1.